The van der Waals surface area contributed by atoms with Gasteiger partial charge in [0.2, 0.25) is 0 Å². The van der Waals surface area contributed by atoms with Crippen LogP contribution in [0.3, 0.4) is 0 Å². The van der Waals surface area contributed by atoms with Crippen molar-refractivity contribution >= 4 is 11.6 Å². The molecule has 0 unspecified atom stereocenters. The van der Waals surface area contributed by atoms with Gasteiger partial charge in [-0.15, -0.1) is 0 Å². The highest BCUT2D eigenvalue weighted by atomic mass is 16.3. The van der Waals surface area contributed by atoms with E-state index in [-0.39, 0.29) is 6.10 Å². The van der Waals surface area contributed by atoms with E-state index >= 15 is 0 Å². The summed E-state index contributed by atoms with van der Waals surface area (Å²) in [5, 5.41) is 9.45. The fourth-order valence-electron chi connectivity index (χ4n) is 1.85. The number of aliphatic hydroxyl groups excluding tert-OH is 1. The molecule has 5 nitrogen and oxygen atoms in total. The molecule has 0 spiro atoms. The van der Waals surface area contributed by atoms with Crippen LogP contribution in [0.25, 0.3) is 0 Å². The second kappa shape index (κ2) is 4.65. The molecule has 1 aromatic heterocycles. The van der Waals surface area contributed by atoms with E-state index in [9.17, 15) is 5.11 Å². The molecule has 5 heteroatoms. The molecule has 0 aromatic carbocycles. The van der Waals surface area contributed by atoms with Crippen LogP contribution in [0.5, 0.6) is 0 Å². The zero-order chi connectivity index (χ0) is 11.5. The van der Waals surface area contributed by atoms with E-state index in [1.807, 2.05) is 25.1 Å². The first-order chi connectivity index (χ1) is 7.66. The number of nitrogens with zero attached hydrogens (tertiary/aromatic N) is 4. The van der Waals surface area contributed by atoms with Gasteiger partial charge in [0.05, 0.1) is 6.10 Å². The maximum absolute atomic E-state index is 9.45. The van der Waals surface area contributed by atoms with Crippen molar-refractivity contribution in [2.45, 2.75) is 18.9 Å². The van der Waals surface area contributed by atoms with Gasteiger partial charge in [-0.1, -0.05) is 0 Å². The third-order valence-corrected chi connectivity index (χ3v) is 2.88. The third-order valence-electron chi connectivity index (χ3n) is 2.88. The van der Waals surface area contributed by atoms with Crippen molar-refractivity contribution in [3.05, 3.63) is 12.4 Å². The summed E-state index contributed by atoms with van der Waals surface area (Å²) in [5.74, 6) is 1.86. The van der Waals surface area contributed by atoms with Crippen molar-refractivity contribution in [3.63, 3.8) is 0 Å². The van der Waals surface area contributed by atoms with Gasteiger partial charge in [-0.05, 0) is 12.8 Å². The summed E-state index contributed by atoms with van der Waals surface area (Å²) in [6.45, 7) is 1.73. The lowest BCUT2D eigenvalue weighted by atomic mass is 10.1. The van der Waals surface area contributed by atoms with E-state index in [0.29, 0.717) is 0 Å². The number of aromatic nitrogens is 2. The van der Waals surface area contributed by atoms with E-state index in [0.717, 1.165) is 37.6 Å². The lowest BCUT2D eigenvalue weighted by Gasteiger charge is -2.30. The van der Waals surface area contributed by atoms with Crippen molar-refractivity contribution in [1.82, 2.24) is 9.97 Å². The van der Waals surface area contributed by atoms with Crippen LogP contribution in [0, 0.1) is 0 Å². The first-order valence-electron chi connectivity index (χ1n) is 5.59. The molecule has 0 bridgehead atoms. The second-order valence-electron chi connectivity index (χ2n) is 4.35. The molecule has 16 heavy (non-hydrogen) atoms. The molecule has 2 rings (SSSR count). The zero-order valence-electron chi connectivity index (χ0n) is 9.80. The van der Waals surface area contributed by atoms with Crippen LogP contribution in [-0.4, -0.2) is 48.4 Å². The Kier molecular flexibility index (Phi) is 3.24. The van der Waals surface area contributed by atoms with Crippen molar-refractivity contribution in [1.29, 1.82) is 0 Å². The van der Waals surface area contributed by atoms with E-state index in [1.54, 1.807) is 6.33 Å². The van der Waals surface area contributed by atoms with Gasteiger partial charge in [-0.25, -0.2) is 9.97 Å². The van der Waals surface area contributed by atoms with Crippen LogP contribution in [0.1, 0.15) is 12.8 Å². The summed E-state index contributed by atoms with van der Waals surface area (Å²) in [4.78, 5) is 12.6. The fraction of sp³-hybridized carbons (Fsp3) is 0.636. The van der Waals surface area contributed by atoms with Gasteiger partial charge < -0.3 is 14.9 Å². The van der Waals surface area contributed by atoms with Crippen LogP contribution >= 0.6 is 0 Å². The quantitative estimate of drug-likeness (QED) is 0.790. The third kappa shape index (κ3) is 2.41. The van der Waals surface area contributed by atoms with E-state index in [2.05, 4.69) is 14.9 Å². The lowest BCUT2D eigenvalue weighted by molar-refractivity contribution is 0.145. The van der Waals surface area contributed by atoms with Crippen molar-refractivity contribution in [3.8, 4) is 0 Å². The molecule has 1 N–H and O–H groups in total. The normalized spacial score (nSPS) is 17.6. The number of aliphatic hydroxyl groups is 1. The number of piperidine rings is 1. The molecule has 1 aliphatic heterocycles. The van der Waals surface area contributed by atoms with Gasteiger partial charge in [0, 0.05) is 33.3 Å². The molecule has 88 valence electrons. The predicted molar refractivity (Wildman–Crippen MR) is 63.8 cm³/mol. The van der Waals surface area contributed by atoms with Gasteiger partial charge in [-0.3, -0.25) is 0 Å². The van der Waals surface area contributed by atoms with E-state index in [4.69, 9.17) is 0 Å². The predicted octanol–water partition coefficient (Wildman–Crippen LogP) is 0.504. The summed E-state index contributed by atoms with van der Waals surface area (Å²) in [6, 6.07) is 1.98. The van der Waals surface area contributed by atoms with Crippen molar-refractivity contribution in [2.24, 2.45) is 0 Å². The monoisotopic (exact) mass is 222 g/mol. The average Bonchev–Trinajstić information content (AvgIpc) is 2.30. The summed E-state index contributed by atoms with van der Waals surface area (Å²) in [7, 11) is 3.93. The number of anilines is 2. The van der Waals surface area contributed by atoms with E-state index < -0.39 is 0 Å². The standard InChI is InChI=1S/C11H18N4O/c1-14(2)10-7-11(13-8-12-10)15-5-3-9(16)4-6-15/h7-9,16H,3-6H2,1-2H3. The molecule has 2 heterocycles. The SMILES string of the molecule is CN(C)c1cc(N2CCC(O)CC2)ncn1. The molecule has 0 radical (unpaired) electrons. The fourth-order valence-corrected chi connectivity index (χ4v) is 1.85. The van der Waals surface area contributed by atoms with Gasteiger partial charge in [0.1, 0.15) is 18.0 Å². The maximum atomic E-state index is 9.45. The first kappa shape index (κ1) is 11.1. The van der Waals surface area contributed by atoms with Gasteiger partial charge >= 0.3 is 0 Å². The molecular weight excluding hydrogens is 204 g/mol. The van der Waals surface area contributed by atoms with Gasteiger partial charge in [0.15, 0.2) is 0 Å². The summed E-state index contributed by atoms with van der Waals surface area (Å²) < 4.78 is 0. The van der Waals surface area contributed by atoms with Gasteiger partial charge in [-0.2, -0.15) is 0 Å². The van der Waals surface area contributed by atoms with Crippen LogP contribution in [-0.2, 0) is 0 Å². The second-order valence-corrected chi connectivity index (χ2v) is 4.35. The maximum Gasteiger partial charge on any atom is 0.134 e. The van der Waals surface area contributed by atoms with Crippen molar-refractivity contribution in [2.75, 3.05) is 37.0 Å². The first-order valence-corrected chi connectivity index (χ1v) is 5.59. The van der Waals surface area contributed by atoms with Crippen LogP contribution in [0.4, 0.5) is 11.6 Å². The Morgan fingerprint density at radius 3 is 2.62 bits per heavy atom. The highest BCUT2D eigenvalue weighted by Crippen LogP contribution is 2.20. The Balaban J connectivity index is 2.11. The average molecular weight is 222 g/mol. The summed E-state index contributed by atoms with van der Waals surface area (Å²) in [5.41, 5.74) is 0. The van der Waals surface area contributed by atoms with Gasteiger partial charge in [0.25, 0.3) is 0 Å². The van der Waals surface area contributed by atoms with Crippen molar-refractivity contribution < 1.29 is 5.11 Å². The van der Waals surface area contributed by atoms with Crippen LogP contribution < -0.4 is 9.80 Å². The highest BCUT2D eigenvalue weighted by molar-refractivity contribution is 5.49. The Bertz CT molecular complexity index is 348. The number of hydrogen-bond acceptors (Lipinski definition) is 5. The molecule has 0 aliphatic carbocycles. The molecule has 1 aromatic rings. The minimum Gasteiger partial charge on any atom is -0.393 e. The molecule has 0 amide bonds. The number of hydrogen-bond donors (Lipinski definition) is 1. The Morgan fingerprint density at radius 2 is 2.00 bits per heavy atom. The molecule has 0 saturated carbocycles. The van der Waals surface area contributed by atoms with Crippen LogP contribution in [0.2, 0.25) is 0 Å². The highest BCUT2D eigenvalue weighted by Gasteiger charge is 2.18. The summed E-state index contributed by atoms with van der Waals surface area (Å²) in [6.07, 6.45) is 3.09. The zero-order valence-corrected chi connectivity index (χ0v) is 9.80. The Morgan fingerprint density at radius 1 is 1.31 bits per heavy atom. The molecule has 0 atom stereocenters. The lowest BCUT2D eigenvalue weighted by Crippen LogP contribution is -2.36. The topological polar surface area (TPSA) is 52.5 Å². The Labute approximate surface area is 95.7 Å². The molecule has 1 saturated heterocycles. The minimum atomic E-state index is -0.147. The minimum absolute atomic E-state index is 0.147. The van der Waals surface area contributed by atoms with E-state index in [1.165, 1.54) is 0 Å². The molecule has 1 fully saturated rings. The molecular formula is C11H18N4O. The Hall–Kier alpha value is -1.36. The number of rotatable bonds is 2. The molecule has 1 aliphatic rings. The smallest absolute Gasteiger partial charge is 0.134 e. The summed E-state index contributed by atoms with van der Waals surface area (Å²) >= 11 is 0. The largest absolute Gasteiger partial charge is 0.393 e. The van der Waals surface area contributed by atoms with Crippen LogP contribution in [0.15, 0.2) is 12.4 Å².